The van der Waals surface area contributed by atoms with Gasteiger partial charge in [0.05, 0.1) is 24.5 Å². The van der Waals surface area contributed by atoms with Crippen molar-refractivity contribution >= 4 is 17.4 Å². The molecule has 0 radical (unpaired) electrons. The zero-order chi connectivity index (χ0) is 19.6. The van der Waals surface area contributed by atoms with Gasteiger partial charge in [0.15, 0.2) is 5.71 Å². The molecule has 0 unspecified atom stereocenters. The molecule has 138 valence electrons. The van der Waals surface area contributed by atoms with Crippen molar-refractivity contribution in [2.24, 2.45) is 10.3 Å². The maximum Gasteiger partial charge on any atom is 0.360 e. The second-order valence-corrected chi connectivity index (χ2v) is 5.41. The molecule has 7 nitrogen and oxygen atoms in total. The lowest BCUT2D eigenvalue weighted by Crippen LogP contribution is -2.19. The number of carbonyl (C=O) groups excluding carboxylic acids is 1. The first-order valence-corrected chi connectivity index (χ1v) is 8.05. The van der Waals surface area contributed by atoms with Crippen LogP contribution in [-0.2, 0) is 25.8 Å². The van der Waals surface area contributed by atoms with Crippen LogP contribution in [0.1, 0.15) is 29.2 Å². The molecule has 27 heavy (non-hydrogen) atoms. The van der Waals surface area contributed by atoms with Gasteiger partial charge in [-0.15, -0.1) is 0 Å². The van der Waals surface area contributed by atoms with Crippen molar-refractivity contribution in [3.63, 3.8) is 0 Å². The molecule has 0 aromatic heterocycles. The number of ether oxygens (including phenoxy) is 1. The van der Waals surface area contributed by atoms with Crippen LogP contribution in [0.15, 0.2) is 58.8 Å². The summed E-state index contributed by atoms with van der Waals surface area (Å²) in [5, 5.41) is 16.7. The monoisotopic (exact) mass is 365 g/mol. The lowest BCUT2D eigenvalue weighted by atomic mass is 10.0. The summed E-state index contributed by atoms with van der Waals surface area (Å²) < 4.78 is 4.75. The van der Waals surface area contributed by atoms with Gasteiger partial charge in [-0.1, -0.05) is 46.7 Å². The molecule has 7 heteroatoms. The van der Waals surface area contributed by atoms with Crippen LogP contribution in [0, 0.1) is 11.3 Å². The van der Waals surface area contributed by atoms with E-state index in [0.29, 0.717) is 22.4 Å². The third kappa shape index (κ3) is 5.16. The third-order valence-corrected chi connectivity index (χ3v) is 3.69. The summed E-state index contributed by atoms with van der Waals surface area (Å²) in [7, 11) is 2.63. The van der Waals surface area contributed by atoms with Gasteiger partial charge >= 0.3 is 5.97 Å². The molecule has 0 amide bonds. The molecule has 0 saturated heterocycles. The maximum absolute atomic E-state index is 11.9. The van der Waals surface area contributed by atoms with Gasteiger partial charge in [0.1, 0.15) is 13.7 Å². The summed E-state index contributed by atoms with van der Waals surface area (Å²) in [6, 6.07) is 16.2. The molecule has 0 spiro atoms. The number of carbonyl (C=O) groups is 1. The molecule has 0 aliphatic heterocycles. The Hall–Kier alpha value is -3.66. The fraction of sp³-hybridized carbons (Fsp3) is 0.200. The molecular formula is C20H19N3O4. The second-order valence-electron chi connectivity index (χ2n) is 5.41. The Bertz CT molecular complexity index is 896. The van der Waals surface area contributed by atoms with E-state index in [4.69, 9.17) is 19.7 Å². The highest BCUT2D eigenvalue weighted by molar-refractivity contribution is 6.43. The summed E-state index contributed by atoms with van der Waals surface area (Å²) >= 11 is 0. The van der Waals surface area contributed by atoms with Crippen molar-refractivity contribution in [1.29, 1.82) is 5.26 Å². The average molecular weight is 365 g/mol. The highest BCUT2D eigenvalue weighted by Crippen LogP contribution is 2.14. The van der Waals surface area contributed by atoms with E-state index >= 15 is 0 Å². The summed E-state index contributed by atoms with van der Waals surface area (Å²) in [5.41, 5.74) is 3.38. The van der Waals surface area contributed by atoms with E-state index in [-0.39, 0.29) is 12.3 Å². The molecule has 2 aromatic rings. The molecule has 2 rings (SSSR count). The molecule has 2 aromatic carbocycles. The van der Waals surface area contributed by atoms with Crippen molar-refractivity contribution in [1.82, 2.24) is 0 Å². The number of methoxy groups -OCH3 is 1. The van der Waals surface area contributed by atoms with E-state index in [9.17, 15) is 4.79 Å². The number of esters is 1. The van der Waals surface area contributed by atoms with E-state index in [1.165, 1.54) is 14.2 Å². The minimum Gasteiger partial charge on any atom is -0.464 e. The molecule has 0 saturated carbocycles. The van der Waals surface area contributed by atoms with E-state index in [1.807, 2.05) is 6.07 Å². The summed E-state index contributed by atoms with van der Waals surface area (Å²) in [6.45, 7) is 1.93. The number of oxime groups is 2. The van der Waals surface area contributed by atoms with Gasteiger partial charge in [-0.2, -0.15) is 5.26 Å². The Morgan fingerprint density at radius 1 is 1.07 bits per heavy atom. The SMILES string of the molecule is CO/N=C(/C(=O)OC)c1ccccc1CO/N=C(\C)c1ccc(C#N)cc1. The van der Waals surface area contributed by atoms with Gasteiger partial charge in [0, 0.05) is 11.1 Å². The predicted molar refractivity (Wildman–Crippen MR) is 100 cm³/mol. The quantitative estimate of drug-likeness (QED) is 0.427. The number of hydrogen-bond donors (Lipinski definition) is 0. The van der Waals surface area contributed by atoms with E-state index < -0.39 is 5.97 Å². The fourth-order valence-electron chi connectivity index (χ4n) is 2.30. The molecule has 0 heterocycles. The third-order valence-electron chi connectivity index (χ3n) is 3.69. The van der Waals surface area contributed by atoms with Gasteiger partial charge in [0.2, 0.25) is 0 Å². The van der Waals surface area contributed by atoms with Crippen LogP contribution in [0.2, 0.25) is 0 Å². The number of benzene rings is 2. The zero-order valence-corrected chi connectivity index (χ0v) is 15.3. The largest absolute Gasteiger partial charge is 0.464 e. The molecule has 0 atom stereocenters. The van der Waals surface area contributed by atoms with Gasteiger partial charge in [0.25, 0.3) is 0 Å². The molecule has 0 aliphatic rings. The van der Waals surface area contributed by atoms with Gasteiger partial charge in [-0.3, -0.25) is 0 Å². The van der Waals surface area contributed by atoms with Crippen molar-refractivity contribution in [3.8, 4) is 6.07 Å². The van der Waals surface area contributed by atoms with Crippen LogP contribution in [0.3, 0.4) is 0 Å². The van der Waals surface area contributed by atoms with Gasteiger partial charge in [-0.25, -0.2) is 4.79 Å². The molecule has 0 bridgehead atoms. The number of rotatable bonds is 7. The summed E-state index contributed by atoms with van der Waals surface area (Å²) in [6.07, 6.45) is 0. The first-order valence-electron chi connectivity index (χ1n) is 8.05. The van der Waals surface area contributed by atoms with E-state index in [2.05, 4.69) is 16.4 Å². The summed E-state index contributed by atoms with van der Waals surface area (Å²) in [4.78, 5) is 22.2. The highest BCUT2D eigenvalue weighted by atomic mass is 16.6. The van der Waals surface area contributed by atoms with Crippen LogP contribution in [0.5, 0.6) is 0 Å². The van der Waals surface area contributed by atoms with Crippen LogP contribution in [-0.4, -0.2) is 31.6 Å². The van der Waals surface area contributed by atoms with E-state index in [1.54, 1.807) is 49.4 Å². The average Bonchev–Trinajstić information content (AvgIpc) is 2.72. The maximum atomic E-state index is 11.9. The first kappa shape index (κ1) is 19.7. The molecule has 0 aliphatic carbocycles. The lowest BCUT2D eigenvalue weighted by molar-refractivity contribution is -0.132. The van der Waals surface area contributed by atoms with Crippen molar-refractivity contribution < 1.29 is 19.2 Å². The number of hydrogen-bond acceptors (Lipinski definition) is 7. The van der Waals surface area contributed by atoms with Crippen LogP contribution >= 0.6 is 0 Å². The van der Waals surface area contributed by atoms with Crippen LogP contribution < -0.4 is 0 Å². The second kappa shape index (κ2) is 9.73. The highest BCUT2D eigenvalue weighted by Gasteiger charge is 2.19. The Morgan fingerprint density at radius 2 is 1.78 bits per heavy atom. The smallest absolute Gasteiger partial charge is 0.360 e. The lowest BCUT2D eigenvalue weighted by Gasteiger charge is -2.10. The topological polar surface area (TPSA) is 93.3 Å². The Kier molecular flexibility index (Phi) is 7.08. The van der Waals surface area contributed by atoms with Crippen molar-refractivity contribution in [2.75, 3.05) is 14.2 Å². The van der Waals surface area contributed by atoms with Crippen molar-refractivity contribution in [3.05, 3.63) is 70.8 Å². The van der Waals surface area contributed by atoms with Gasteiger partial charge < -0.3 is 14.4 Å². The van der Waals surface area contributed by atoms with Gasteiger partial charge in [-0.05, 0) is 24.6 Å². The van der Waals surface area contributed by atoms with Crippen LogP contribution in [0.4, 0.5) is 0 Å². The standard InChI is InChI=1S/C20H19N3O4/c1-14(16-10-8-15(12-21)9-11-16)22-27-13-17-6-4-5-7-18(17)19(23-26-3)20(24)25-2/h4-11H,13H2,1-3H3/b22-14+,23-19+. The molecular weight excluding hydrogens is 346 g/mol. The fourth-order valence-corrected chi connectivity index (χ4v) is 2.30. The van der Waals surface area contributed by atoms with Crippen molar-refractivity contribution in [2.45, 2.75) is 13.5 Å². The Morgan fingerprint density at radius 3 is 2.41 bits per heavy atom. The zero-order valence-electron chi connectivity index (χ0n) is 15.3. The van der Waals surface area contributed by atoms with Crippen LogP contribution in [0.25, 0.3) is 0 Å². The van der Waals surface area contributed by atoms with E-state index in [0.717, 1.165) is 5.56 Å². The minimum atomic E-state index is -0.610. The minimum absolute atomic E-state index is 0.0481. The molecule has 0 fully saturated rings. The Balaban J connectivity index is 2.17. The summed E-state index contributed by atoms with van der Waals surface area (Å²) in [5.74, 6) is -0.610. The number of nitriles is 1. The first-order chi connectivity index (χ1) is 13.1. The normalized spacial score (nSPS) is 11.5. The Labute approximate surface area is 157 Å². The molecule has 0 N–H and O–H groups in total. The predicted octanol–water partition coefficient (Wildman–Crippen LogP) is 3.02. The number of nitrogens with zero attached hydrogens (tertiary/aromatic N) is 3.